The van der Waals surface area contributed by atoms with Gasteiger partial charge in [0.15, 0.2) is 0 Å². The first-order valence-corrected chi connectivity index (χ1v) is 8.04. The second-order valence-corrected chi connectivity index (χ2v) is 7.30. The molecule has 0 aromatic heterocycles. The van der Waals surface area contributed by atoms with Crippen molar-refractivity contribution in [2.75, 3.05) is 13.6 Å². The number of nitrogens with two attached hydrogens (primary N) is 1. The van der Waals surface area contributed by atoms with Crippen LogP contribution >= 0.6 is 0 Å². The lowest BCUT2D eigenvalue weighted by atomic mass is 9.88. The third-order valence-electron chi connectivity index (χ3n) is 4.55. The molecule has 3 heteroatoms. The van der Waals surface area contributed by atoms with Gasteiger partial charge in [0.05, 0.1) is 0 Å². The highest BCUT2D eigenvalue weighted by Crippen LogP contribution is 2.41. The molecule has 1 heterocycles. The number of rotatable bonds is 5. The highest BCUT2D eigenvalue weighted by molar-refractivity contribution is 5.38. The van der Waals surface area contributed by atoms with E-state index in [0.717, 1.165) is 25.1 Å². The number of para-hydroxylation sites is 1. The molecule has 3 nitrogen and oxygen atoms in total. The summed E-state index contributed by atoms with van der Waals surface area (Å²) in [5.74, 6) is 1.57. The van der Waals surface area contributed by atoms with E-state index in [9.17, 15) is 0 Å². The molecule has 21 heavy (non-hydrogen) atoms. The first kappa shape index (κ1) is 16.3. The number of nitrogens with zero attached hydrogens (tertiary/aromatic N) is 1. The van der Waals surface area contributed by atoms with Crippen molar-refractivity contribution in [3.63, 3.8) is 0 Å². The number of hydrogen-bond acceptors (Lipinski definition) is 3. The van der Waals surface area contributed by atoms with Crippen LogP contribution in [0.2, 0.25) is 0 Å². The number of fused-ring (bicyclic) bond motifs is 1. The summed E-state index contributed by atoms with van der Waals surface area (Å²) in [6.45, 7) is 9.75. The summed E-state index contributed by atoms with van der Waals surface area (Å²) in [7, 11) is 2.20. The Balaban J connectivity index is 2.11. The quantitative estimate of drug-likeness (QED) is 0.900. The van der Waals surface area contributed by atoms with Crippen molar-refractivity contribution in [3.8, 4) is 5.75 Å². The summed E-state index contributed by atoms with van der Waals surface area (Å²) >= 11 is 0. The second-order valence-electron chi connectivity index (χ2n) is 7.30. The largest absolute Gasteiger partial charge is 0.487 e. The van der Waals surface area contributed by atoms with Gasteiger partial charge in [-0.1, -0.05) is 32.0 Å². The van der Waals surface area contributed by atoms with E-state index in [0.29, 0.717) is 12.0 Å². The van der Waals surface area contributed by atoms with Crippen LogP contribution in [0, 0.1) is 5.92 Å². The lowest BCUT2D eigenvalue weighted by molar-refractivity contribution is 0.0363. The maximum Gasteiger partial charge on any atom is 0.124 e. The van der Waals surface area contributed by atoms with Crippen molar-refractivity contribution < 1.29 is 4.74 Å². The first-order valence-electron chi connectivity index (χ1n) is 8.04. The van der Waals surface area contributed by atoms with Crippen molar-refractivity contribution >= 4 is 0 Å². The molecule has 0 spiro atoms. The van der Waals surface area contributed by atoms with Gasteiger partial charge < -0.3 is 10.5 Å². The Morgan fingerprint density at radius 2 is 2.00 bits per heavy atom. The Hall–Kier alpha value is -1.06. The van der Waals surface area contributed by atoms with Crippen LogP contribution in [0.25, 0.3) is 0 Å². The van der Waals surface area contributed by atoms with Crippen LogP contribution in [-0.4, -0.2) is 30.1 Å². The summed E-state index contributed by atoms with van der Waals surface area (Å²) in [5.41, 5.74) is 7.38. The maximum atomic E-state index is 6.19. The lowest BCUT2D eigenvalue weighted by Gasteiger charge is -2.41. The molecule has 1 aliphatic rings. The van der Waals surface area contributed by atoms with Gasteiger partial charge in [-0.25, -0.2) is 0 Å². The smallest absolute Gasteiger partial charge is 0.124 e. The normalized spacial score (nSPS) is 22.0. The van der Waals surface area contributed by atoms with Crippen LogP contribution in [0.3, 0.4) is 0 Å². The van der Waals surface area contributed by atoms with Crippen LogP contribution < -0.4 is 10.5 Å². The van der Waals surface area contributed by atoms with Crippen LogP contribution in [0.4, 0.5) is 0 Å². The molecular weight excluding hydrogens is 260 g/mol. The molecule has 0 bridgehead atoms. The topological polar surface area (TPSA) is 38.5 Å². The Kier molecular flexibility index (Phi) is 4.95. The third kappa shape index (κ3) is 3.98. The SMILES string of the molecule is CC(C)C(N)CCN(C)C1CC(C)(C)Oc2ccccc21. The Labute approximate surface area is 129 Å². The van der Waals surface area contributed by atoms with Gasteiger partial charge in [0.25, 0.3) is 0 Å². The molecule has 1 aromatic carbocycles. The standard InChI is InChI=1S/C18H30N2O/c1-13(2)15(19)10-11-20(5)16-12-18(3,4)21-17-9-7-6-8-14(16)17/h6-9,13,15-16H,10-12,19H2,1-5H3. The average molecular weight is 290 g/mol. The van der Waals surface area contributed by atoms with E-state index in [4.69, 9.17) is 10.5 Å². The van der Waals surface area contributed by atoms with Gasteiger partial charge in [-0.05, 0) is 45.8 Å². The van der Waals surface area contributed by atoms with Crippen molar-refractivity contribution in [1.82, 2.24) is 4.90 Å². The summed E-state index contributed by atoms with van der Waals surface area (Å²) in [6.07, 6.45) is 2.05. The van der Waals surface area contributed by atoms with E-state index in [1.54, 1.807) is 0 Å². The fraction of sp³-hybridized carbons (Fsp3) is 0.667. The maximum absolute atomic E-state index is 6.19. The van der Waals surface area contributed by atoms with Gasteiger partial charge in [0, 0.05) is 24.1 Å². The van der Waals surface area contributed by atoms with Crippen LogP contribution in [0.5, 0.6) is 5.75 Å². The molecule has 0 saturated heterocycles. The molecule has 2 atom stereocenters. The van der Waals surface area contributed by atoms with E-state index in [2.05, 4.69) is 57.8 Å². The van der Waals surface area contributed by atoms with Gasteiger partial charge in [-0.3, -0.25) is 4.90 Å². The second kappa shape index (κ2) is 6.37. The molecule has 2 rings (SSSR count). The average Bonchev–Trinajstić information content (AvgIpc) is 2.42. The third-order valence-corrected chi connectivity index (χ3v) is 4.55. The minimum Gasteiger partial charge on any atom is -0.487 e. The molecule has 0 aliphatic carbocycles. The predicted molar refractivity (Wildman–Crippen MR) is 88.6 cm³/mol. The molecule has 0 fully saturated rings. The van der Waals surface area contributed by atoms with Gasteiger partial charge in [-0.2, -0.15) is 0 Å². The Morgan fingerprint density at radius 3 is 2.67 bits per heavy atom. The number of hydrogen-bond donors (Lipinski definition) is 1. The van der Waals surface area contributed by atoms with E-state index in [1.165, 1.54) is 5.56 Å². The van der Waals surface area contributed by atoms with Crippen molar-refractivity contribution in [2.45, 2.75) is 58.2 Å². The summed E-state index contributed by atoms with van der Waals surface area (Å²) in [6, 6.07) is 9.10. The van der Waals surface area contributed by atoms with Crippen LogP contribution in [0.1, 0.15) is 52.1 Å². The fourth-order valence-corrected chi connectivity index (χ4v) is 3.00. The van der Waals surface area contributed by atoms with Crippen LogP contribution in [0.15, 0.2) is 24.3 Å². The van der Waals surface area contributed by atoms with E-state index >= 15 is 0 Å². The van der Waals surface area contributed by atoms with E-state index in [1.807, 2.05) is 6.07 Å². The molecule has 118 valence electrons. The summed E-state index contributed by atoms with van der Waals surface area (Å²) in [5, 5.41) is 0. The predicted octanol–water partition coefficient (Wildman–Crippen LogP) is 3.59. The Morgan fingerprint density at radius 1 is 1.33 bits per heavy atom. The molecule has 0 radical (unpaired) electrons. The minimum absolute atomic E-state index is 0.118. The van der Waals surface area contributed by atoms with E-state index < -0.39 is 0 Å². The van der Waals surface area contributed by atoms with Crippen LogP contribution in [-0.2, 0) is 0 Å². The van der Waals surface area contributed by atoms with Crippen molar-refractivity contribution in [3.05, 3.63) is 29.8 Å². The molecule has 2 N–H and O–H groups in total. The highest BCUT2D eigenvalue weighted by Gasteiger charge is 2.35. The molecule has 1 aromatic rings. The van der Waals surface area contributed by atoms with Gasteiger partial charge in [0.2, 0.25) is 0 Å². The van der Waals surface area contributed by atoms with Crippen molar-refractivity contribution in [2.24, 2.45) is 11.7 Å². The molecule has 2 unspecified atom stereocenters. The molecule has 0 amide bonds. The lowest BCUT2D eigenvalue weighted by Crippen LogP contribution is -2.41. The highest BCUT2D eigenvalue weighted by atomic mass is 16.5. The first-order chi connectivity index (χ1) is 9.80. The van der Waals surface area contributed by atoms with Gasteiger partial charge in [-0.15, -0.1) is 0 Å². The zero-order valence-electron chi connectivity index (χ0n) is 14.1. The zero-order valence-corrected chi connectivity index (χ0v) is 14.1. The monoisotopic (exact) mass is 290 g/mol. The Bertz CT molecular complexity index is 470. The summed E-state index contributed by atoms with van der Waals surface area (Å²) in [4.78, 5) is 2.44. The number of benzene rings is 1. The summed E-state index contributed by atoms with van der Waals surface area (Å²) < 4.78 is 6.11. The molecule has 0 saturated carbocycles. The number of ether oxygens (including phenoxy) is 1. The van der Waals surface area contributed by atoms with Gasteiger partial charge in [0.1, 0.15) is 11.4 Å². The molecular formula is C18H30N2O. The minimum atomic E-state index is -0.118. The molecule has 1 aliphatic heterocycles. The van der Waals surface area contributed by atoms with Gasteiger partial charge >= 0.3 is 0 Å². The zero-order chi connectivity index (χ0) is 15.6. The van der Waals surface area contributed by atoms with E-state index in [-0.39, 0.29) is 11.6 Å². The van der Waals surface area contributed by atoms with Crippen molar-refractivity contribution in [1.29, 1.82) is 0 Å². The fourth-order valence-electron chi connectivity index (χ4n) is 3.00.